The van der Waals surface area contributed by atoms with E-state index in [-0.39, 0.29) is 10.8 Å². The van der Waals surface area contributed by atoms with E-state index in [0.717, 1.165) is 0 Å². The SMILES string of the molecule is CC1(C)c2ccc(N(c3cccc(-c4ccccc4)c3)c3ccc4c(c3)C3(c5ccccc5-4)C4C=CC=CC4C4C=CC=CC43)cc2C2C=CC=CC21. The van der Waals surface area contributed by atoms with Crippen LogP contribution < -0.4 is 4.90 Å². The molecule has 0 amide bonds. The van der Waals surface area contributed by atoms with Crippen molar-refractivity contribution in [2.75, 3.05) is 4.90 Å². The second kappa shape index (κ2) is 11.4. The van der Waals surface area contributed by atoms with Crippen LogP contribution in [-0.2, 0) is 10.8 Å². The maximum absolute atomic E-state index is 2.57. The fourth-order valence-corrected chi connectivity index (χ4v) is 11.5. The average molecular weight is 682 g/mol. The van der Waals surface area contributed by atoms with Crippen LogP contribution in [0.15, 0.2) is 188 Å². The standard InChI is InChI=1S/C52H43N/c1-51(2)45-23-10-6-22-42(45)44-32-37(28-30-46(44)51)53(36-18-14-17-35(31-36)34-15-4-3-5-16-34)38-27-29-43-41-21-9-13-26-49(41)52(50(43)33-38)47-24-11-7-19-39(47)40-20-8-12-25-48(40)52/h3-33,39-40,42,45,47-48H,1-2H3. The second-order valence-corrected chi connectivity index (χ2v) is 16.5. The van der Waals surface area contributed by atoms with Gasteiger partial charge in [-0.3, -0.25) is 0 Å². The van der Waals surface area contributed by atoms with Crippen molar-refractivity contribution in [1.82, 2.24) is 0 Å². The lowest BCUT2D eigenvalue weighted by atomic mass is 9.63. The first-order valence-electron chi connectivity index (χ1n) is 19.4. The Morgan fingerprint density at radius 1 is 0.434 bits per heavy atom. The van der Waals surface area contributed by atoms with E-state index in [1.165, 1.54) is 61.6 Å². The molecule has 6 atom stereocenters. The summed E-state index contributed by atoms with van der Waals surface area (Å²) in [6.07, 6.45) is 28.5. The normalized spacial score (nSPS) is 28.3. The van der Waals surface area contributed by atoms with Gasteiger partial charge in [0.1, 0.15) is 0 Å². The van der Waals surface area contributed by atoms with Crippen molar-refractivity contribution in [3.8, 4) is 22.3 Å². The van der Waals surface area contributed by atoms with Crippen LogP contribution >= 0.6 is 0 Å². The number of rotatable bonds is 4. The highest BCUT2D eigenvalue weighted by atomic mass is 15.1. The first kappa shape index (κ1) is 30.9. The molecule has 5 aromatic carbocycles. The molecule has 11 rings (SSSR count). The zero-order valence-corrected chi connectivity index (χ0v) is 30.3. The number of fused-ring (bicyclic) bond motifs is 13. The second-order valence-electron chi connectivity index (χ2n) is 16.5. The third-order valence-corrected chi connectivity index (χ3v) is 13.7. The molecule has 0 heterocycles. The van der Waals surface area contributed by atoms with Crippen molar-refractivity contribution >= 4 is 17.1 Å². The highest BCUT2D eigenvalue weighted by Gasteiger charge is 2.62. The van der Waals surface area contributed by atoms with Crippen molar-refractivity contribution < 1.29 is 0 Å². The van der Waals surface area contributed by atoms with Crippen molar-refractivity contribution in [1.29, 1.82) is 0 Å². The van der Waals surface area contributed by atoms with E-state index in [1.807, 2.05) is 0 Å². The monoisotopic (exact) mass is 681 g/mol. The first-order valence-corrected chi connectivity index (χ1v) is 19.4. The zero-order chi connectivity index (χ0) is 35.3. The predicted octanol–water partition coefficient (Wildman–Crippen LogP) is 12.9. The fraction of sp³-hybridized carbons (Fsp3) is 0.192. The number of hydrogen-bond donors (Lipinski definition) is 0. The number of benzene rings is 5. The lowest BCUT2D eigenvalue weighted by molar-refractivity contribution is 0.371. The van der Waals surface area contributed by atoms with Crippen LogP contribution in [0.1, 0.15) is 42.0 Å². The molecule has 6 aliphatic rings. The summed E-state index contributed by atoms with van der Waals surface area (Å²) in [7, 11) is 0. The molecule has 1 saturated carbocycles. The molecule has 0 aromatic heterocycles. The summed E-state index contributed by atoms with van der Waals surface area (Å²) < 4.78 is 0. The highest BCUT2D eigenvalue weighted by molar-refractivity contribution is 5.88. The maximum atomic E-state index is 2.57. The third kappa shape index (κ3) is 4.25. The van der Waals surface area contributed by atoms with Crippen LogP contribution in [0.25, 0.3) is 22.3 Å². The molecule has 5 aromatic rings. The molecule has 53 heavy (non-hydrogen) atoms. The molecule has 1 heteroatoms. The summed E-state index contributed by atoms with van der Waals surface area (Å²) in [4.78, 5) is 2.53. The molecule has 0 saturated heterocycles. The molecule has 0 bridgehead atoms. The minimum absolute atomic E-state index is 0.0725. The molecule has 256 valence electrons. The van der Waals surface area contributed by atoms with Crippen molar-refractivity contribution in [2.45, 2.75) is 30.6 Å². The Morgan fingerprint density at radius 3 is 1.83 bits per heavy atom. The van der Waals surface area contributed by atoms with Crippen molar-refractivity contribution in [3.05, 3.63) is 210 Å². The van der Waals surface area contributed by atoms with E-state index in [1.54, 1.807) is 0 Å². The zero-order valence-electron chi connectivity index (χ0n) is 30.3. The molecule has 1 nitrogen and oxygen atoms in total. The fourth-order valence-electron chi connectivity index (χ4n) is 11.5. The van der Waals surface area contributed by atoms with Crippen molar-refractivity contribution in [3.63, 3.8) is 0 Å². The van der Waals surface area contributed by atoms with Gasteiger partial charge in [0.05, 0.1) is 0 Å². The van der Waals surface area contributed by atoms with E-state index < -0.39 is 0 Å². The smallest absolute Gasteiger partial charge is 0.0467 e. The Morgan fingerprint density at radius 2 is 1.04 bits per heavy atom. The Balaban J connectivity index is 1.14. The minimum Gasteiger partial charge on any atom is -0.310 e. The van der Waals surface area contributed by atoms with Gasteiger partial charge in [-0.25, -0.2) is 0 Å². The number of anilines is 3. The van der Waals surface area contributed by atoms with Gasteiger partial charge in [-0.15, -0.1) is 0 Å². The van der Waals surface area contributed by atoms with E-state index in [9.17, 15) is 0 Å². The Kier molecular flexibility index (Phi) is 6.66. The van der Waals surface area contributed by atoms with Crippen molar-refractivity contribution in [2.24, 2.45) is 29.6 Å². The molecule has 1 fully saturated rings. The molecule has 0 N–H and O–H groups in total. The minimum atomic E-state index is -0.161. The van der Waals surface area contributed by atoms with Gasteiger partial charge in [0.25, 0.3) is 0 Å². The van der Waals surface area contributed by atoms with Crippen LogP contribution in [0, 0.1) is 29.6 Å². The largest absolute Gasteiger partial charge is 0.310 e. The first-order chi connectivity index (χ1) is 26.0. The van der Waals surface area contributed by atoms with Gasteiger partial charge in [0, 0.05) is 28.4 Å². The third-order valence-electron chi connectivity index (χ3n) is 13.7. The maximum Gasteiger partial charge on any atom is 0.0467 e. The van der Waals surface area contributed by atoms with Gasteiger partial charge >= 0.3 is 0 Å². The summed E-state index contributed by atoms with van der Waals surface area (Å²) in [5.74, 6) is 2.49. The Hall–Kier alpha value is -5.66. The van der Waals surface area contributed by atoms with Gasteiger partial charge in [-0.05, 0) is 116 Å². The molecule has 6 aliphatic carbocycles. The molecule has 6 unspecified atom stereocenters. The van der Waals surface area contributed by atoms with Gasteiger partial charge in [-0.1, -0.05) is 166 Å². The number of hydrogen-bond acceptors (Lipinski definition) is 1. The highest BCUT2D eigenvalue weighted by Crippen LogP contribution is 2.68. The molecule has 0 radical (unpaired) electrons. The van der Waals surface area contributed by atoms with E-state index in [2.05, 4.69) is 207 Å². The van der Waals surface area contributed by atoms with Crippen LogP contribution in [-0.4, -0.2) is 0 Å². The lowest BCUT2D eigenvalue weighted by Crippen LogP contribution is -2.37. The summed E-state index contributed by atoms with van der Waals surface area (Å²) in [6.45, 7) is 4.84. The summed E-state index contributed by atoms with van der Waals surface area (Å²) in [5, 5.41) is 0. The van der Waals surface area contributed by atoms with Crippen LogP contribution in [0.2, 0.25) is 0 Å². The topological polar surface area (TPSA) is 3.24 Å². The van der Waals surface area contributed by atoms with E-state index >= 15 is 0 Å². The number of nitrogens with zero attached hydrogens (tertiary/aromatic N) is 1. The lowest BCUT2D eigenvalue weighted by Gasteiger charge is -2.39. The Bertz CT molecular complexity index is 2450. The van der Waals surface area contributed by atoms with Crippen LogP contribution in [0.5, 0.6) is 0 Å². The van der Waals surface area contributed by atoms with Gasteiger partial charge in [-0.2, -0.15) is 0 Å². The summed E-state index contributed by atoms with van der Waals surface area (Å²) >= 11 is 0. The quantitative estimate of drug-likeness (QED) is 0.182. The van der Waals surface area contributed by atoms with Gasteiger partial charge in [0.15, 0.2) is 0 Å². The summed E-state index contributed by atoms with van der Waals surface area (Å²) in [6, 6.07) is 43.9. The van der Waals surface area contributed by atoms with E-state index in [4.69, 9.17) is 0 Å². The number of allylic oxidation sites excluding steroid dienone is 12. The van der Waals surface area contributed by atoms with Crippen LogP contribution in [0.4, 0.5) is 17.1 Å². The summed E-state index contributed by atoms with van der Waals surface area (Å²) in [5.41, 5.74) is 14.6. The molecular weight excluding hydrogens is 639 g/mol. The molecule has 1 spiro atoms. The Labute approximate surface area is 313 Å². The van der Waals surface area contributed by atoms with Gasteiger partial charge < -0.3 is 4.90 Å². The van der Waals surface area contributed by atoms with E-state index in [0.29, 0.717) is 35.5 Å². The predicted molar refractivity (Wildman–Crippen MR) is 221 cm³/mol. The van der Waals surface area contributed by atoms with Crippen LogP contribution in [0.3, 0.4) is 0 Å². The molecular formula is C52H43N. The average Bonchev–Trinajstić information content (AvgIpc) is 3.77. The van der Waals surface area contributed by atoms with Gasteiger partial charge in [0.2, 0.25) is 0 Å². The molecule has 0 aliphatic heterocycles.